The van der Waals surface area contributed by atoms with Crippen molar-refractivity contribution in [2.45, 2.75) is 51.3 Å². The van der Waals surface area contributed by atoms with Crippen molar-refractivity contribution in [1.29, 1.82) is 0 Å². The number of alkyl halides is 3. The second-order valence-electron chi connectivity index (χ2n) is 11.0. The van der Waals surface area contributed by atoms with Crippen LogP contribution in [0.3, 0.4) is 0 Å². The van der Waals surface area contributed by atoms with Crippen molar-refractivity contribution < 1.29 is 32.7 Å². The predicted octanol–water partition coefficient (Wildman–Crippen LogP) is 5.95. The first-order valence-corrected chi connectivity index (χ1v) is 13.8. The molecule has 1 aliphatic rings. The number of carbonyl (C=O) groups is 1. The number of β-amino-alcohol motifs (C(OH)–C–C–N with tert-alkyl or cyclic N) is 1. The maximum absolute atomic E-state index is 14.2. The van der Waals surface area contributed by atoms with Gasteiger partial charge in [-0.2, -0.15) is 23.3 Å². The topological polar surface area (TPSA) is 118 Å². The van der Waals surface area contributed by atoms with Gasteiger partial charge in [-0.05, 0) is 54.5 Å². The molecule has 1 aliphatic heterocycles. The molecule has 0 aliphatic carbocycles. The van der Waals surface area contributed by atoms with Crippen LogP contribution in [0.5, 0.6) is 0 Å². The van der Waals surface area contributed by atoms with Crippen LogP contribution in [0.1, 0.15) is 62.0 Å². The van der Waals surface area contributed by atoms with Gasteiger partial charge in [-0.15, -0.1) is 0 Å². The first-order valence-electron chi connectivity index (χ1n) is 13.8. The minimum absolute atomic E-state index is 0.0636. The Balaban J connectivity index is 1.32. The molecule has 0 amide bonds. The van der Waals surface area contributed by atoms with E-state index in [-0.39, 0.29) is 41.2 Å². The van der Waals surface area contributed by atoms with Crippen LogP contribution >= 0.6 is 0 Å². The molecule has 222 valence electrons. The predicted molar refractivity (Wildman–Crippen MR) is 148 cm³/mol. The third-order valence-corrected chi connectivity index (χ3v) is 7.55. The summed E-state index contributed by atoms with van der Waals surface area (Å²) >= 11 is 0. The van der Waals surface area contributed by atoms with Gasteiger partial charge in [0.1, 0.15) is 0 Å². The van der Waals surface area contributed by atoms with E-state index < -0.39 is 23.9 Å². The van der Waals surface area contributed by atoms with Crippen molar-refractivity contribution in [3.8, 4) is 28.5 Å². The normalized spacial score (nSPS) is 17.1. The molecule has 1 saturated heterocycles. The molecule has 3 heterocycles. The minimum atomic E-state index is -4.74. The lowest BCUT2D eigenvalue weighted by atomic mass is 9.94. The van der Waals surface area contributed by atoms with Gasteiger partial charge in [0.25, 0.3) is 5.89 Å². The zero-order valence-electron chi connectivity index (χ0n) is 23.3. The molecule has 4 aromatic rings. The Hall–Kier alpha value is -4.03. The van der Waals surface area contributed by atoms with Gasteiger partial charge in [0, 0.05) is 25.1 Å². The van der Waals surface area contributed by atoms with E-state index in [1.807, 2.05) is 13.8 Å². The molecule has 0 radical (unpaired) electrons. The second kappa shape index (κ2) is 12.1. The maximum Gasteiger partial charge on any atom is 0.434 e. The fourth-order valence-electron chi connectivity index (χ4n) is 5.36. The molecule has 0 spiro atoms. The molecule has 5 rings (SSSR count). The second-order valence-corrected chi connectivity index (χ2v) is 11.0. The summed E-state index contributed by atoms with van der Waals surface area (Å²) in [5, 5.41) is 27.7. The highest BCUT2D eigenvalue weighted by molar-refractivity contribution is 5.67. The highest BCUT2D eigenvalue weighted by atomic mass is 19.4. The molecule has 0 bridgehead atoms. The molecule has 42 heavy (non-hydrogen) atoms. The highest BCUT2D eigenvalue weighted by Crippen LogP contribution is 2.38. The summed E-state index contributed by atoms with van der Waals surface area (Å²) in [6.07, 6.45) is -2.61. The number of carboxylic acid groups (broad SMARTS) is 1. The summed E-state index contributed by atoms with van der Waals surface area (Å²) in [5.74, 6) is -0.735. The number of hydrogen-bond acceptors (Lipinski definition) is 7. The van der Waals surface area contributed by atoms with Gasteiger partial charge in [0.2, 0.25) is 5.82 Å². The lowest BCUT2D eigenvalue weighted by Crippen LogP contribution is -2.38. The lowest BCUT2D eigenvalue weighted by Gasteiger charge is -2.33. The Labute approximate surface area is 240 Å². The van der Waals surface area contributed by atoms with Crippen molar-refractivity contribution in [3.05, 3.63) is 71.5 Å². The summed E-state index contributed by atoms with van der Waals surface area (Å²) in [5.41, 5.74) is 1.06. The average Bonchev–Trinajstić information content (AvgIpc) is 3.61. The van der Waals surface area contributed by atoms with Crippen LogP contribution in [0.2, 0.25) is 0 Å². The summed E-state index contributed by atoms with van der Waals surface area (Å²) in [7, 11) is 0. The molecule has 2 N–H and O–H groups in total. The van der Waals surface area contributed by atoms with E-state index in [0.717, 1.165) is 35.8 Å². The molecule has 0 unspecified atom stereocenters. The SMILES string of the molecule is CC(C)c1ccc(-n2ncc(-c3nc(-c4ccc([C@H](O)CN5CCC[C@H](CC(=O)O)C5)cc4)no3)c2C(F)(F)F)cc1. The number of aliphatic carboxylic acids is 1. The Morgan fingerprint density at radius 2 is 1.79 bits per heavy atom. The highest BCUT2D eigenvalue weighted by Gasteiger charge is 2.40. The van der Waals surface area contributed by atoms with Crippen LogP contribution in [0.25, 0.3) is 28.5 Å². The first-order chi connectivity index (χ1) is 20.0. The minimum Gasteiger partial charge on any atom is -0.481 e. The number of hydrogen-bond donors (Lipinski definition) is 2. The van der Waals surface area contributed by atoms with Crippen LogP contribution in [0.4, 0.5) is 13.2 Å². The monoisotopic (exact) mass is 583 g/mol. The van der Waals surface area contributed by atoms with Crippen molar-refractivity contribution >= 4 is 5.97 Å². The Morgan fingerprint density at radius 1 is 1.10 bits per heavy atom. The summed E-state index contributed by atoms with van der Waals surface area (Å²) in [6, 6.07) is 13.5. The van der Waals surface area contributed by atoms with Crippen LogP contribution in [-0.4, -0.2) is 60.6 Å². The van der Waals surface area contributed by atoms with E-state index in [9.17, 15) is 23.1 Å². The van der Waals surface area contributed by atoms with Crippen molar-refractivity contribution in [2.24, 2.45) is 5.92 Å². The van der Waals surface area contributed by atoms with Gasteiger partial charge in [0.15, 0.2) is 5.69 Å². The van der Waals surface area contributed by atoms with Crippen molar-refractivity contribution in [1.82, 2.24) is 24.8 Å². The van der Waals surface area contributed by atoms with Crippen molar-refractivity contribution in [3.63, 3.8) is 0 Å². The number of aliphatic hydroxyl groups excluding tert-OH is 1. The number of aliphatic hydroxyl groups is 1. The average molecular weight is 584 g/mol. The quantitative estimate of drug-likeness (QED) is 0.248. The number of aromatic nitrogens is 4. The van der Waals surface area contributed by atoms with E-state index in [1.165, 1.54) is 0 Å². The van der Waals surface area contributed by atoms with E-state index in [4.69, 9.17) is 9.63 Å². The third-order valence-electron chi connectivity index (χ3n) is 7.55. The Morgan fingerprint density at radius 3 is 2.43 bits per heavy atom. The van der Waals surface area contributed by atoms with Crippen LogP contribution < -0.4 is 0 Å². The molecular formula is C30H32F3N5O4. The third kappa shape index (κ3) is 6.55. The molecule has 2 aromatic carbocycles. The van der Waals surface area contributed by atoms with Gasteiger partial charge in [0.05, 0.1) is 23.6 Å². The molecule has 2 atom stereocenters. The van der Waals surface area contributed by atoms with Gasteiger partial charge in [-0.1, -0.05) is 55.4 Å². The molecular weight excluding hydrogens is 551 g/mol. The Kier molecular flexibility index (Phi) is 8.46. The zero-order valence-corrected chi connectivity index (χ0v) is 23.3. The standard InChI is InChI=1S/C30H32F3N5O4/c1-18(2)20-9-11-23(12-10-20)38-27(30(31,32)33)24(15-34-38)29-35-28(36-42-29)22-7-5-21(6-8-22)25(39)17-37-13-3-4-19(16-37)14-26(40)41/h5-12,15,18-19,25,39H,3-4,13-14,16-17H2,1-2H3,(H,40,41)/t19-,25-/m1/s1. The van der Waals surface area contributed by atoms with E-state index in [1.54, 1.807) is 48.5 Å². The molecule has 1 fully saturated rings. The molecule has 2 aromatic heterocycles. The van der Waals surface area contributed by atoms with Crippen LogP contribution in [-0.2, 0) is 11.0 Å². The number of nitrogens with zero attached hydrogens (tertiary/aromatic N) is 5. The number of piperidine rings is 1. The maximum atomic E-state index is 14.2. The van der Waals surface area contributed by atoms with Crippen LogP contribution in [0, 0.1) is 5.92 Å². The Bertz CT molecular complexity index is 1510. The van der Waals surface area contributed by atoms with Gasteiger partial charge < -0.3 is 19.6 Å². The number of carboxylic acids is 1. The van der Waals surface area contributed by atoms with Gasteiger partial charge in [-0.3, -0.25) is 4.79 Å². The fourth-order valence-corrected chi connectivity index (χ4v) is 5.36. The van der Waals surface area contributed by atoms with E-state index >= 15 is 0 Å². The lowest BCUT2D eigenvalue weighted by molar-refractivity contribution is -0.142. The summed E-state index contributed by atoms with van der Waals surface area (Å²) < 4.78 is 48.7. The number of rotatable bonds is 9. The number of halogens is 3. The van der Waals surface area contributed by atoms with Crippen LogP contribution in [0.15, 0.2) is 59.3 Å². The largest absolute Gasteiger partial charge is 0.481 e. The zero-order chi connectivity index (χ0) is 30.0. The summed E-state index contributed by atoms with van der Waals surface area (Å²) in [6.45, 7) is 5.78. The summed E-state index contributed by atoms with van der Waals surface area (Å²) in [4.78, 5) is 17.3. The molecule has 0 saturated carbocycles. The van der Waals surface area contributed by atoms with Gasteiger partial charge in [-0.25, -0.2) is 4.68 Å². The van der Waals surface area contributed by atoms with Crippen molar-refractivity contribution in [2.75, 3.05) is 19.6 Å². The first kappa shape index (κ1) is 29.5. The molecule has 9 nitrogen and oxygen atoms in total. The molecule has 12 heteroatoms. The van der Waals surface area contributed by atoms with E-state index in [2.05, 4.69) is 20.1 Å². The van der Waals surface area contributed by atoms with Gasteiger partial charge >= 0.3 is 12.1 Å². The number of benzene rings is 2. The fraction of sp³-hybridized carbons (Fsp3) is 0.400. The number of likely N-dealkylation sites (tertiary alicyclic amines) is 1. The smallest absolute Gasteiger partial charge is 0.434 e. The van der Waals surface area contributed by atoms with E-state index in [0.29, 0.717) is 24.2 Å².